The maximum absolute atomic E-state index is 12.5. The molecule has 0 saturated heterocycles. The summed E-state index contributed by atoms with van der Waals surface area (Å²) >= 11 is 0. The molecule has 6 heteroatoms. The minimum Gasteiger partial charge on any atom is -0.357 e. The van der Waals surface area contributed by atoms with E-state index in [1.165, 1.54) is 6.33 Å². The van der Waals surface area contributed by atoms with Gasteiger partial charge in [0.05, 0.1) is 0 Å². The van der Waals surface area contributed by atoms with Crippen LogP contribution in [0.3, 0.4) is 0 Å². The third kappa shape index (κ3) is 3.95. The number of fused-ring (bicyclic) bond motifs is 1. The predicted molar refractivity (Wildman–Crippen MR) is 97.6 cm³/mol. The first-order valence-electron chi connectivity index (χ1n) is 9.03. The summed E-state index contributed by atoms with van der Waals surface area (Å²) in [5, 5.41) is 2.96. The number of aromatic nitrogens is 3. The van der Waals surface area contributed by atoms with Crippen molar-refractivity contribution in [2.45, 2.75) is 46.1 Å². The summed E-state index contributed by atoms with van der Waals surface area (Å²) in [6.45, 7) is 6.53. The van der Waals surface area contributed by atoms with Crippen LogP contribution >= 0.6 is 0 Å². The Balaban J connectivity index is 1.65. The van der Waals surface area contributed by atoms with Gasteiger partial charge in [0.15, 0.2) is 0 Å². The molecule has 1 amide bonds. The van der Waals surface area contributed by atoms with E-state index in [9.17, 15) is 4.79 Å². The van der Waals surface area contributed by atoms with E-state index in [0.29, 0.717) is 12.2 Å². The molecule has 1 aliphatic carbocycles. The lowest BCUT2D eigenvalue weighted by molar-refractivity contribution is 0.0944. The Morgan fingerprint density at radius 1 is 1.12 bits per heavy atom. The lowest BCUT2D eigenvalue weighted by Crippen LogP contribution is -2.27. The van der Waals surface area contributed by atoms with Crippen molar-refractivity contribution in [2.75, 3.05) is 18.0 Å². The molecule has 25 heavy (non-hydrogen) atoms. The first-order chi connectivity index (χ1) is 12.2. The first-order valence-corrected chi connectivity index (χ1v) is 9.03. The van der Waals surface area contributed by atoms with Gasteiger partial charge < -0.3 is 10.2 Å². The Hall–Kier alpha value is -2.50. The van der Waals surface area contributed by atoms with Gasteiger partial charge in [0.25, 0.3) is 5.91 Å². The highest BCUT2D eigenvalue weighted by atomic mass is 16.1. The molecule has 0 aliphatic heterocycles. The topological polar surface area (TPSA) is 71.0 Å². The summed E-state index contributed by atoms with van der Waals surface area (Å²) in [5.74, 6) is 0.832. The van der Waals surface area contributed by atoms with Crippen LogP contribution in [-0.4, -0.2) is 33.9 Å². The molecular formula is C19H25N5O. The fourth-order valence-corrected chi connectivity index (χ4v) is 3.24. The van der Waals surface area contributed by atoms with Gasteiger partial charge in [-0.25, -0.2) is 15.0 Å². The van der Waals surface area contributed by atoms with Crippen LogP contribution in [0.15, 0.2) is 24.7 Å². The van der Waals surface area contributed by atoms with E-state index in [-0.39, 0.29) is 5.91 Å². The second kappa shape index (κ2) is 8.05. The summed E-state index contributed by atoms with van der Waals surface area (Å²) < 4.78 is 0. The van der Waals surface area contributed by atoms with E-state index in [1.807, 2.05) is 18.3 Å². The molecule has 3 rings (SSSR count). The molecule has 0 radical (unpaired) electrons. The number of carbonyl (C=O) groups excluding carboxylic acids is 1. The van der Waals surface area contributed by atoms with Gasteiger partial charge in [0.2, 0.25) is 0 Å². The van der Waals surface area contributed by atoms with Crippen molar-refractivity contribution >= 4 is 11.7 Å². The number of hydrogen-bond donors (Lipinski definition) is 1. The van der Waals surface area contributed by atoms with E-state index < -0.39 is 0 Å². The second-order valence-electron chi connectivity index (χ2n) is 6.23. The van der Waals surface area contributed by atoms with Crippen molar-refractivity contribution in [3.63, 3.8) is 0 Å². The molecule has 0 aromatic carbocycles. The Morgan fingerprint density at radius 2 is 1.92 bits per heavy atom. The molecule has 1 aliphatic rings. The van der Waals surface area contributed by atoms with Gasteiger partial charge in [-0.1, -0.05) is 6.07 Å². The third-order valence-electron chi connectivity index (χ3n) is 4.69. The number of carbonyl (C=O) groups is 1. The molecule has 0 fully saturated rings. The summed E-state index contributed by atoms with van der Waals surface area (Å²) in [5.41, 5.74) is 3.54. The fraction of sp³-hybridized carbons (Fsp3) is 0.474. The number of pyridine rings is 1. The fourth-order valence-electron chi connectivity index (χ4n) is 3.24. The molecule has 132 valence electrons. The summed E-state index contributed by atoms with van der Waals surface area (Å²) in [7, 11) is 0. The highest BCUT2D eigenvalue weighted by Crippen LogP contribution is 2.21. The Labute approximate surface area is 148 Å². The van der Waals surface area contributed by atoms with E-state index in [4.69, 9.17) is 0 Å². The molecule has 0 spiro atoms. The van der Waals surface area contributed by atoms with Crippen molar-refractivity contribution in [1.82, 2.24) is 20.3 Å². The quantitative estimate of drug-likeness (QED) is 0.876. The maximum atomic E-state index is 12.5. The number of anilines is 1. The number of amides is 1. The largest absolute Gasteiger partial charge is 0.357 e. The molecule has 0 bridgehead atoms. The zero-order valence-electron chi connectivity index (χ0n) is 15.0. The van der Waals surface area contributed by atoms with Gasteiger partial charge in [0.1, 0.15) is 17.8 Å². The highest BCUT2D eigenvalue weighted by molar-refractivity contribution is 5.93. The molecule has 6 nitrogen and oxygen atoms in total. The summed E-state index contributed by atoms with van der Waals surface area (Å²) in [4.78, 5) is 27.7. The van der Waals surface area contributed by atoms with Crippen LogP contribution in [0.1, 0.15) is 54.0 Å². The van der Waals surface area contributed by atoms with E-state index in [2.05, 4.69) is 39.0 Å². The number of aryl methyl sites for hydroxylation is 1. The average molecular weight is 339 g/mol. The zero-order valence-corrected chi connectivity index (χ0v) is 15.0. The van der Waals surface area contributed by atoms with E-state index in [0.717, 1.165) is 61.4 Å². The van der Waals surface area contributed by atoms with Crippen molar-refractivity contribution in [2.24, 2.45) is 0 Å². The second-order valence-corrected chi connectivity index (χ2v) is 6.23. The van der Waals surface area contributed by atoms with Crippen LogP contribution in [-0.2, 0) is 19.4 Å². The third-order valence-corrected chi connectivity index (χ3v) is 4.69. The van der Waals surface area contributed by atoms with Crippen LogP contribution in [0.5, 0.6) is 0 Å². The Kier molecular flexibility index (Phi) is 5.58. The molecule has 1 N–H and O–H groups in total. The Morgan fingerprint density at radius 3 is 2.64 bits per heavy atom. The molecule has 2 aromatic rings. The maximum Gasteiger partial charge on any atom is 0.270 e. The average Bonchev–Trinajstić information content (AvgIpc) is 2.67. The van der Waals surface area contributed by atoms with Gasteiger partial charge in [-0.2, -0.15) is 0 Å². The monoisotopic (exact) mass is 339 g/mol. The van der Waals surface area contributed by atoms with Crippen molar-refractivity contribution in [1.29, 1.82) is 0 Å². The van der Waals surface area contributed by atoms with Gasteiger partial charge in [-0.3, -0.25) is 4.79 Å². The Bertz CT molecular complexity index is 725. The summed E-state index contributed by atoms with van der Waals surface area (Å²) in [6.07, 6.45) is 7.38. The van der Waals surface area contributed by atoms with E-state index in [1.54, 1.807) is 0 Å². The SMILES string of the molecule is CCN(CC)c1ccc(CNC(=O)c2ncnc3c2CCCC3)cn1. The normalized spacial score (nSPS) is 13.2. The molecule has 2 aromatic heterocycles. The lowest BCUT2D eigenvalue weighted by Gasteiger charge is -2.19. The van der Waals surface area contributed by atoms with Gasteiger partial charge >= 0.3 is 0 Å². The van der Waals surface area contributed by atoms with Crippen molar-refractivity contribution in [3.8, 4) is 0 Å². The smallest absolute Gasteiger partial charge is 0.270 e. The standard InChI is InChI=1S/C19H25N5O/c1-3-24(4-2)17-10-9-14(11-20-17)12-21-19(25)18-15-7-5-6-8-16(15)22-13-23-18/h9-11,13H,3-8,12H2,1-2H3,(H,21,25). The van der Waals surface area contributed by atoms with Gasteiger partial charge in [-0.05, 0) is 51.2 Å². The molecule has 0 saturated carbocycles. The highest BCUT2D eigenvalue weighted by Gasteiger charge is 2.19. The van der Waals surface area contributed by atoms with Crippen molar-refractivity contribution < 1.29 is 4.79 Å². The number of nitrogens with one attached hydrogen (secondary N) is 1. The zero-order chi connectivity index (χ0) is 17.6. The lowest BCUT2D eigenvalue weighted by atomic mass is 9.94. The van der Waals surface area contributed by atoms with Crippen LogP contribution < -0.4 is 10.2 Å². The minimum absolute atomic E-state index is 0.131. The predicted octanol–water partition coefficient (Wildman–Crippen LogP) is 2.53. The first kappa shape index (κ1) is 17.3. The van der Waals surface area contributed by atoms with Crippen LogP contribution in [0.4, 0.5) is 5.82 Å². The molecule has 2 heterocycles. The molecule has 0 atom stereocenters. The van der Waals surface area contributed by atoms with Crippen molar-refractivity contribution in [3.05, 3.63) is 47.2 Å². The van der Waals surface area contributed by atoms with Crippen LogP contribution in [0, 0.1) is 0 Å². The molecule has 0 unspecified atom stereocenters. The number of hydrogen-bond acceptors (Lipinski definition) is 5. The van der Waals surface area contributed by atoms with Crippen LogP contribution in [0.2, 0.25) is 0 Å². The van der Waals surface area contributed by atoms with Crippen LogP contribution in [0.25, 0.3) is 0 Å². The van der Waals surface area contributed by atoms with E-state index >= 15 is 0 Å². The number of nitrogens with zero attached hydrogens (tertiary/aromatic N) is 4. The van der Waals surface area contributed by atoms with Gasteiger partial charge in [0, 0.05) is 37.1 Å². The van der Waals surface area contributed by atoms with Gasteiger partial charge in [-0.15, -0.1) is 0 Å². The minimum atomic E-state index is -0.131. The number of rotatable bonds is 6. The summed E-state index contributed by atoms with van der Waals surface area (Å²) in [6, 6.07) is 4.01. The molecular weight excluding hydrogens is 314 g/mol.